The van der Waals surface area contributed by atoms with Crippen LogP contribution in [0.2, 0.25) is 0 Å². The van der Waals surface area contributed by atoms with Crippen LogP contribution in [-0.4, -0.2) is 12.2 Å². The van der Waals surface area contributed by atoms with Gasteiger partial charge in [-0.15, -0.1) is 5.10 Å². The van der Waals surface area contributed by atoms with Crippen LogP contribution in [0.4, 0.5) is 0 Å². The van der Waals surface area contributed by atoms with Gasteiger partial charge in [0.1, 0.15) is 12.4 Å². The van der Waals surface area contributed by atoms with Crippen LogP contribution < -0.4 is 16.2 Å². The Hall–Kier alpha value is -2.34. The molecule has 0 aromatic heterocycles. The van der Waals surface area contributed by atoms with Gasteiger partial charge in [-0.25, -0.2) is 0 Å². The number of hydrogen-bond acceptors (Lipinski definition) is 3. The monoisotopic (exact) mass is 346 g/mol. The van der Waals surface area contributed by atoms with Crippen molar-refractivity contribution in [3.05, 3.63) is 64.1 Å². The molecule has 5 nitrogen and oxygen atoms in total. The molecule has 0 saturated carbocycles. The Balaban J connectivity index is 2.15. The first-order valence-corrected chi connectivity index (χ1v) is 7.02. The third kappa shape index (κ3) is 4.92. The third-order valence-corrected chi connectivity index (χ3v) is 3.08. The van der Waals surface area contributed by atoms with Crippen molar-refractivity contribution in [2.24, 2.45) is 21.7 Å². The maximum Gasteiger partial charge on any atom is 0.211 e. The molecule has 0 fully saturated rings. The van der Waals surface area contributed by atoms with Gasteiger partial charge in [0, 0.05) is 10.0 Å². The second kappa shape index (κ2) is 7.44. The number of halogens is 1. The predicted molar refractivity (Wildman–Crippen MR) is 88.3 cm³/mol. The lowest BCUT2D eigenvalue weighted by Gasteiger charge is -2.09. The van der Waals surface area contributed by atoms with Crippen LogP contribution in [0.15, 0.2) is 63.2 Å². The summed E-state index contributed by atoms with van der Waals surface area (Å²) in [6.07, 6.45) is 1.55. The van der Waals surface area contributed by atoms with E-state index in [4.69, 9.17) is 16.2 Å². The summed E-state index contributed by atoms with van der Waals surface area (Å²) in [5, 5.41) is 7.38. The molecule has 4 N–H and O–H groups in total. The Labute approximate surface area is 131 Å². The van der Waals surface area contributed by atoms with Gasteiger partial charge in [0.05, 0.1) is 6.21 Å². The van der Waals surface area contributed by atoms with E-state index in [-0.39, 0.29) is 5.96 Å². The molecule has 0 amide bonds. The van der Waals surface area contributed by atoms with Gasteiger partial charge in [0.25, 0.3) is 0 Å². The lowest BCUT2D eigenvalue weighted by atomic mass is 10.2. The van der Waals surface area contributed by atoms with Crippen molar-refractivity contribution in [3.8, 4) is 5.75 Å². The number of nitrogens with two attached hydrogens (primary N) is 2. The van der Waals surface area contributed by atoms with Gasteiger partial charge in [-0.2, -0.15) is 5.10 Å². The highest BCUT2D eigenvalue weighted by Crippen LogP contribution is 2.23. The number of benzene rings is 2. The molecular weight excluding hydrogens is 332 g/mol. The summed E-state index contributed by atoms with van der Waals surface area (Å²) in [7, 11) is 0. The van der Waals surface area contributed by atoms with Gasteiger partial charge in [-0.3, -0.25) is 0 Å². The van der Waals surface area contributed by atoms with E-state index in [1.807, 2.05) is 48.5 Å². The van der Waals surface area contributed by atoms with Gasteiger partial charge in [0.15, 0.2) is 0 Å². The zero-order valence-electron chi connectivity index (χ0n) is 11.2. The summed E-state index contributed by atoms with van der Waals surface area (Å²) >= 11 is 3.42. The van der Waals surface area contributed by atoms with Crippen LogP contribution >= 0.6 is 15.9 Å². The molecule has 0 spiro atoms. The molecule has 108 valence electrons. The molecule has 2 aromatic rings. The molecule has 0 aliphatic rings. The van der Waals surface area contributed by atoms with Crippen LogP contribution in [0, 0.1) is 0 Å². The highest BCUT2D eigenvalue weighted by Gasteiger charge is 2.03. The summed E-state index contributed by atoms with van der Waals surface area (Å²) in [5.74, 6) is 0.609. The number of ether oxygens (including phenoxy) is 1. The van der Waals surface area contributed by atoms with Gasteiger partial charge in [-0.1, -0.05) is 46.3 Å². The van der Waals surface area contributed by atoms with Crippen LogP contribution in [0.3, 0.4) is 0 Å². The first kappa shape index (κ1) is 15.1. The van der Waals surface area contributed by atoms with Gasteiger partial charge in [0.2, 0.25) is 5.96 Å². The fourth-order valence-electron chi connectivity index (χ4n) is 1.63. The largest absolute Gasteiger partial charge is 0.488 e. The molecule has 0 atom stereocenters. The summed E-state index contributed by atoms with van der Waals surface area (Å²) in [5.41, 5.74) is 12.3. The molecule has 2 rings (SSSR count). The highest BCUT2D eigenvalue weighted by molar-refractivity contribution is 9.10. The van der Waals surface area contributed by atoms with Crippen LogP contribution in [0.5, 0.6) is 5.75 Å². The number of guanidine groups is 1. The maximum absolute atomic E-state index is 5.83. The third-order valence-electron chi connectivity index (χ3n) is 2.58. The van der Waals surface area contributed by atoms with Crippen molar-refractivity contribution in [1.82, 2.24) is 0 Å². The summed E-state index contributed by atoms with van der Waals surface area (Å²) in [4.78, 5) is 0. The topological polar surface area (TPSA) is 86.0 Å². The van der Waals surface area contributed by atoms with E-state index in [9.17, 15) is 0 Å². The van der Waals surface area contributed by atoms with Crippen LogP contribution in [-0.2, 0) is 6.61 Å². The fourth-order valence-corrected chi connectivity index (χ4v) is 1.97. The minimum Gasteiger partial charge on any atom is -0.488 e. The lowest BCUT2D eigenvalue weighted by molar-refractivity contribution is 0.305. The zero-order valence-corrected chi connectivity index (χ0v) is 12.8. The zero-order chi connectivity index (χ0) is 15.1. The lowest BCUT2D eigenvalue weighted by Crippen LogP contribution is -2.21. The molecule has 0 heterocycles. The summed E-state index contributed by atoms with van der Waals surface area (Å²) in [6.45, 7) is 0.473. The minimum atomic E-state index is -0.0879. The van der Waals surface area contributed by atoms with E-state index in [0.29, 0.717) is 12.4 Å². The predicted octanol–water partition coefficient (Wildman–Crippen LogP) is 2.64. The highest BCUT2D eigenvalue weighted by atomic mass is 79.9. The smallest absolute Gasteiger partial charge is 0.211 e. The van der Waals surface area contributed by atoms with Crippen molar-refractivity contribution >= 4 is 28.1 Å². The van der Waals surface area contributed by atoms with E-state index in [2.05, 4.69) is 26.1 Å². The Kier molecular flexibility index (Phi) is 5.34. The molecule has 0 saturated heterocycles. The number of rotatable bonds is 5. The molecular formula is C15H15BrN4O. The Bertz CT molecular complexity index is 652. The average Bonchev–Trinajstić information content (AvgIpc) is 2.48. The first-order valence-electron chi connectivity index (χ1n) is 6.23. The van der Waals surface area contributed by atoms with E-state index in [1.165, 1.54) is 0 Å². The standard InChI is InChI=1S/C15H15BrN4O/c16-13-7-6-12(9-19-20-15(17)18)14(8-13)21-10-11-4-2-1-3-5-11/h1-9H,10H2,(H4,17,18,20). The average molecular weight is 347 g/mol. The summed E-state index contributed by atoms with van der Waals surface area (Å²) in [6, 6.07) is 15.6. The molecule has 0 aliphatic carbocycles. The van der Waals surface area contributed by atoms with Crippen molar-refractivity contribution in [2.75, 3.05) is 0 Å². The van der Waals surface area contributed by atoms with Crippen LogP contribution in [0.1, 0.15) is 11.1 Å². The Morgan fingerprint density at radius 1 is 1.14 bits per heavy atom. The molecule has 0 aliphatic heterocycles. The van der Waals surface area contributed by atoms with E-state index in [0.717, 1.165) is 15.6 Å². The van der Waals surface area contributed by atoms with Gasteiger partial charge in [-0.05, 0) is 23.8 Å². The normalized spacial score (nSPS) is 10.5. The Morgan fingerprint density at radius 2 is 1.90 bits per heavy atom. The molecule has 21 heavy (non-hydrogen) atoms. The molecule has 2 aromatic carbocycles. The van der Waals surface area contributed by atoms with Crippen LogP contribution in [0.25, 0.3) is 0 Å². The number of hydrogen-bond donors (Lipinski definition) is 2. The van der Waals surface area contributed by atoms with Crippen molar-refractivity contribution < 1.29 is 4.74 Å². The SMILES string of the molecule is NC(N)=NN=Cc1ccc(Br)cc1OCc1ccccc1. The minimum absolute atomic E-state index is 0.0879. The van der Waals surface area contributed by atoms with Gasteiger partial charge >= 0.3 is 0 Å². The summed E-state index contributed by atoms with van der Waals surface area (Å²) < 4.78 is 6.75. The van der Waals surface area contributed by atoms with Crippen molar-refractivity contribution in [1.29, 1.82) is 0 Å². The van der Waals surface area contributed by atoms with Crippen molar-refractivity contribution in [3.63, 3.8) is 0 Å². The number of nitrogens with zero attached hydrogens (tertiary/aromatic N) is 2. The van der Waals surface area contributed by atoms with Gasteiger partial charge < -0.3 is 16.2 Å². The van der Waals surface area contributed by atoms with E-state index < -0.39 is 0 Å². The molecule has 6 heteroatoms. The second-order valence-electron chi connectivity index (χ2n) is 4.23. The molecule has 0 unspecified atom stereocenters. The fraction of sp³-hybridized carbons (Fsp3) is 0.0667. The first-order chi connectivity index (χ1) is 10.1. The van der Waals surface area contributed by atoms with Crippen molar-refractivity contribution in [2.45, 2.75) is 6.61 Å². The maximum atomic E-state index is 5.83. The van der Waals surface area contributed by atoms with E-state index >= 15 is 0 Å². The molecule has 0 radical (unpaired) electrons. The Morgan fingerprint density at radius 3 is 2.62 bits per heavy atom. The molecule has 0 bridgehead atoms. The van der Waals surface area contributed by atoms with E-state index in [1.54, 1.807) is 6.21 Å². The second-order valence-corrected chi connectivity index (χ2v) is 5.14. The quantitative estimate of drug-likeness (QED) is 0.495.